The Hall–Kier alpha value is -1.67. The van der Waals surface area contributed by atoms with Gasteiger partial charge in [-0.15, -0.1) is 0 Å². The first kappa shape index (κ1) is 12.4. The summed E-state index contributed by atoms with van der Waals surface area (Å²) in [5.41, 5.74) is 3.95. The van der Waals surface area contributed by atoms with Gasteiger partial charge in [-0.2, -0.15) is 0 Å². The lowest BCUT2D eigenvalue weighted by atomic mass is 9.72. The van der Waals surface area contributed by atoms with Crippen molar-refractivity contribution in [1.82, 2.24) is 5.32 Å². The summed E-state index contributed by atoms with van der Waals surface area (Å²) in [6.07, 6.45) is 1.99. The van der Waals surface area contributed by atoms with Gasteiger partial charge in [-0.05, 0) is 48.7 Å². The standard InChI is InChI=1S/C17H18FN/c1-19-17(10-12-5-4-7-14(18)9-12)16-11-13-6-2-3-8-15(13)16/h2-9,16-17,19H,10-11H2,1H3. The lowest BCUT2D eigenvalue weighted by Gasteiger charge is -2.36. The highest BCUT2D eigenvalue weighted by Crippen LogP contribution is 2.38. The van der Waals surface area contributed by atoms with Crippen molar-refractivity contribution in [3.8, 4) is 0 Å². The molecule has 2 unspecified atom stereocenters. The molecule has 1 N–H and O–H groups in total. The molecule has 0 heterocycles. The third kappa shape index (κ3) is 2.41. The molecule has 19 heavy (non-hydrogen) atoms. The number of likely N-dealkylation sites (N-methyl/N-ethyl adjacent to an activating group) is 1. The number of nitrogens with one attached hydrogen (secondary N) is 1. The van der Waals surface area contributed by atoms with E-state index in [0.29, 0.717) is 12.0 Å². The van der Waals surface area contributed by atoms with Gasteiger partial charge in [0.2, 0.25) is 0 Å². The minimum Gasteiger partial charge on any atom is -0.316 e. The van der Waals surface area contributed by atoms with E-state index in [1.165, 1.54) is 17.2 Å². The summed E-state index contributed by atoms with van der Waals surface area (Å²) < 4.78 is 13.2. The Morgan fingerprint density at radius 1 is 1.21 bits per heavy atom. The normalized spacial score (nSPS) is 18.5. The minimum atomic E-state index is -0.152. The summed E-state index contributed by atoms with van der Waals surface area (Å²) in [6, 6.07) is 15.9. The molecule has 2 aromatic rings. The highest BCUT2D eigenvalue weighted by Gasteiger charge is 2.31. The molecule has 0 saturated carbocycles. The molecule has 0 radical (unpaired) electrons. The average molecular weight is 255 g/mol. The Labute approximate surface area is 113 Å². The SMILES string of the molecule is CNC(Cc1cccc(F)c1)C1Cc2ccccc21. The van der Waals surface area contributed by atoms with E-state index in [4.69, 9.17) is 0 Å². The highest BCUT2D eigenvalue weighted by molar-refractivity contribution is 5.41. The quantitative estimate of drug-likeness (QED) is 0.884. The molecule has 0 amide bonds. The third-order valence-corrected chi connectivity index (χ3v) is 4.10. The van der Waals surface area contributed by atoms with Gasteiger partial charge in [0.25, 0.3) is 0 Å². The van der Waals surface area contributed by atoms with Crippen LogP contribution in [0.5, 0.6) is 0 Å². The van der Waals surface area contributed by atoms with Gasteiger partial charge in [-0.1, -0.05) is 36.4 Å². The number of halogens is 1. The summed E-state index contributed by atoms with van der Waals surface area (Å²) in [5, 5.41) is 3.39. The number of hydrogen-bond donors (Lipinski definition) is 1. The van der Waals surface area contributed by atoms with Crippen LogP contribution in [-0.4, -0.2) is 13.1 Å². The molecule has 2 aromatic carbocycles. The van der Waals surface area contributed by atoms with Crippen molar-refractivity contribution in [3.63, 3.8) is 0 Å². The van der Waals surface area contributed by atoms with E-state index in [-0.39, 0.29) is 5.82 Å². The maximum atomic E-state index is 13.2. The van der Waals surface area contributed by atoms with Gasteiger partial charge in [0.15, 0.2) is 0 Å². The molecule has 1 aliphatic carbocycles. The predicted octanol–water partition coefficient (Wildman–Crippen LogP) is 3.30. The first-order valence-electron chi connectivity index (χ1n) is 6.77. The smallest absolute Gasteiger partial charge is 0.123 e. The number of benzene rings is 2. The van der Waals surface area contributed by atoms with Crippen molar-refractivity contribution in [2.45, 2.75) is 24.8 Å². The predicted molar refractivity (Wildman–Crippen MR) is 75.8 cm³/mol. The van der Waals surface area contributed by atoms with Crippen LogP contribution in [0.1, 0.15) is 22.6 Å². The Kier molecular flexibility index (Phi) is 3.34. The first-order chi connectivity index (χ1) is 9.28. The molecule has 2 atom stereocenters. The minimum absolute atomic E-state index is 0.152. The second kappa shape index (κ2) is 5.14. The van der Waals surface area contributed by atoms with Crippen molar-refractivity contribution in [2.75, 3.05) is 7.05 Å². The van der Waals surface area contributed by atoms with Crippen LogP contribution in [0.3, 0.4) is 0 Å². The van der Waals surface area contributed by atoms with E-state index >= 15 is 0 Å². The molecular formula is C17H18FN. The van der Waals surface area contributed by atoms with Crippen molar-refractivity contribution >= 4 is 0 Å². The van der Waals surface area contributed by atoms with Crippen molar-refractivity contribution < 1.29 is 4.39 Å². The molecule has 0 bridgehead atoms. The number of hydrogen-bond acceptors (Lipinski definition) is 1. The topological polar surface area (TPSA) is 12.0 Å². The molecule has 3 rings (SSSR count). The van der Waals surface area contributed by atoms with Crippen LogP contribution in [0.2, 0.25) is 0 Å². The molecule has 0 spiro atoms. The number of fused-ring (bicyclic) bond motifs is 1. The van der Waals surface area contributed by atoms with Crippen LogP contribution >= 0.6 is 0 Å². The van der Waals surface area contributed by atoms with Crippen LogP contribution in [-0.2, 0) is 12.8 Å². The molecule has 0 fully saturated rings. The summed E-state index contributed by atoms with van der Waals surface area (Å²) in [7, 11) is 1.99. The largest absolute Gasteiger partial charge is 0.316 e. The lowest BCUT2D eigenvalue weighted by Crippen LogP contribution is -2.39. The maximum Gasteiger partial charge on any atom is 0.123 e. The van der Waals surface area contributed by atoms with E-state index in [9.17, 15) is 4.39 Å². The second-order valence-electron chi connectivity index (χ2n) is 5.24. The molecular weight excluding hydrogens is 237 g/mol. The Balaban J connectivity index is 1.76. The molecule has 0 aromatic heterocycles. The van der Waals surface area contributed by atoms with E-state index in [2.05, 4.69) is 29.6 Å². The van der Waals surface area contributed by atoms with Gasteiger partial charge in [-0.25, -0.2) is 4.39 Å². The average Bonchev–Trinajstić information content (AvgIpc) is 2.39. The summed E-state index contributed by atoms with van der Waals surface area (Å²) in [5.74, 6) is 0.394. The fourth-order valence-electron chi connectivity index (χ4n) is 3.02. The second-order valence-corrected chi connectivity index (χ2v) is 5.24. The summed E-state index contributed by atoms with van der Waals surface area (Å²) >= 11 is 0. The van der Waals surface area contributed by atoms with E-state index in [0.717, 1.165) is 18.4 Å². The Morgan fingerprint density at radius 3 is 2.79 bits per heavy atom. The fraction of sp³-hybridized carbons (Fsp3) is 0.294. The van der Waals surface area contributed by atoms with E-state index < -0.39 is 0 Å². The Bertz CT molecular complexity index is 579. The summed E-state index contributed by atoms with van der Waals surface area (Å²) in [4.78, 5) is 0. The van der Waals surface area contributed by atoms with Crippen molar-refractivity contribution in [3.05, 3.63) is 71.0 Å². The zero-order valence-corrected chi connectivity index (χ0v) is 11.1. The van der Waals surface area contributed by atoms with Gasteiger partial charge >= 0.3 is 0 Å². The van der Waals surface area contributed by atoms with Gasteiger partial charge in [-0.3, -0.25) is 0 Å². The lowest BCUT2D eigenvalue weighted by molar-refractivity contribution is 0.422. The zero-order chi connectivity index (χ0) is 13.2. The highest BCUT2D eigenvalue weighted by atomic mass is 19.1. The summed E-state index contributed by atoms with van der Waals surface area (Å²) in [6.45, 7) is 0. The van der Waals surface area contributed by atoms with Crippen LogP contribution in [0.4, 0.5) is 4.39 Å². The maximum absolute atomic E-state index is 13.2. The van der Waals surface area contributed by atoms with Gasteiger partial charge < -0.3 is 5.32 Å². The Morgan fingerprint density at radius 2 is 2.05 bits per heavy atom. The van der Waals surface area contributed by atoms with Gasteiger partial charge in [0.1, 0.15) is 5.82 Å². The molecule has 1 nitrogen and oxygen atoms in total. The molecule has 98 valence electrons. The molecule has 2 heteroatoms. The van der Waals surface area contributed by atoms with Crippen LogP contribution in [0, 0.1) is 5.82 Å². The zero-order valence-electron chi connectivity index (χ0n) is 11.1. The van der Waals surface area contributed by atoms with Gasteiger partial charge in [0, 0.05) is 12.0 Å². The third-order valence-electron chi connectivity index (χ3n) is 4.10. The van der Waals surface area contributed by atoms with E-state index in [1.54, 1.807) is 12.1 Å². The van der Waals surface area contributed by atoms with Gasteiger partial charge in [0.05, 0.1) is 0 Å². The van der Waals surface area contributed by atoms with E-state index in [1.807, 2.05) is 13.1 Å². The van der Waals surface area contributed by atoms with Crippen LogP contribution in [0.25, 0.3) is 0 Å². The molecule has 1 aliphatic rings. The van der Waals surface area contributed by atoms with Crippen LogP contribution < -0.4 is 5.32 Å². The number of rotatable bonds is 4. The van der Waals surface area contributed by atoms with Crippen molar-refractivity contribution in [1.29, 1.82) is 0 Å². The van der Waals surface area contributed by atoms with Crippen LogP contribution in [0.15, 0.2) is 48.5 Å². The fourth-order valence-corrected chi connectivity index (χ4v) is 3.02. The molecule has 0 saturated heterocycles. The molecule has 0 aliphatic heterocycles. The monoisotopic (exact) mass is 255 g/mol. The first-order valence-corrected chi connectivity index (χ1v) is 6.77. The van der Waals surface area contributed by atoms with Crippen molar-refractivity contribution in [2.24, 2.45) is 0 Å².